The monoisotopic (exact) mass is 459 g/mol. The van der Waals surface area contributed by atoms with Gasteiger partial charge in [-0.3, -0.25) is 14.7 Å². The number of anilines is 1. The number of esters is 1. The van der Waals surface area contributed by atoms with Crippen molar-refractivity contribution < 1.29 is 14.3 Å². The normalized spacial score (nSPS) is 14.6. The zero-order chi connectivity index (χ0) is 24.4. The second-order valence-corrected chi connectivity index (χ2v) is 9.35. The average molecular weight is 460 g/mol. The van der Waals surface area contributed by atoms with Gasteiger partial charge in [0.1, 0.15) is 0 Å². The van der Waals surface area contributed by atoms with E-state index < -0.39 is 12.1 Å². The fourth-order valence-electron chi connectivity index (χ4n) is 4.56. The summed E-state index contributed by atoms with van der Waals surface area (Å²) in [5.74, 6) is -0.790. The van der Waals surface area contributed by atoms with Crippen LogP contribution in [0.5, 0.6) is 0 Å². The van der Waals surface area contributed by atoms with Crippen molar-refractivity contribution in [2.24, 2.45) is 0 Å². The Bertz CT molecular complexity index is 1240. The molecule has 1 amide bonds. The first-order chi connectivity index (χ1) is 16.3. The molecule has 0 aliphatic carbocycles. The largest absolute Gasteiger partial charge is 0.449 e. The predicted molar refractivity (Wildman–Crippen MR) is 135 cm³/mol. The van der Waals surface area contributed by atoms with Gasteiger partial charge in [-0.1, -0.05) is 42.8 Å². The van der Waals surface area contributed by atoms with E-state index in [9.17, 15) is 9.59 Å². The lowest BCUT2D eigenvalue weighted by molar-refractivity contribution is -0.124. The maximum atomic E-state index is 13.6. The van der Waals surface area contributed by atoms with Crippen molar-refractivity contribution in [3.63, 3.8) is 0 Å². The van der Waals surface area contributed by atoms with Crippen LogP contribution in [0.25, 0.3) is 10.9 Å². The second kappa shape index (κ2) is 9.94. The van der Waals surface area contributed by atoms with Gasteiger partial charge in [-0.2, -0.15) is 0 Å². The molecular weight excluding hydrogens is 426 g/mol. The van der Waals surface area contributed by atoms with E-state index in [1.165, 1.54) is 0 Å². The highest BCUT2D eigenvalue weighted by atomic mass is 16.5. The van der Waals surface area contributed by atoms with Crippen molar-refractivity contribution in [2.75, 3.05) is 11.9 Å². The van der Waals surface area contributed by atoms with Crippen molar-refractivity contribution in [3.05, 3.63) is 70.4 Å². The number of nitrogens with zero attached hydrogens (tertiary/aromatic N) is 2. The molecule has 34 heavy (non-hydrogen) atoms. The molecule has 178 valence electrons. The minimum atomic E-state index is -0.888. The van der Waals surface area contributed by atoms with Crippen LogP contribution in [-0.2, 0) is 22.5 Å². The molecule has 0 bridgehead atoms. The molecule has 1 aliphatic rings. The lowest BCUT2D eigenvalue weighted by Crippen LogP contribution is -2.38. The molecule has 0 radical (unpaired) electrons. The molecule has 1 aromatic heterocycles. The third kappa shape index (κ3) is 4.82. The molecule has 0 saturated heterocycles. The number of nitrogens with one attached hydrogen (secondary N) is 1. The summed E-state index contributed by atoms with van der Waals surface area (Å²) in [5.41, 5.74) is 5.98. The van der Waals surface area contributed by atoms with Gasteiger partial charge in [-0.15, -0.1) is 0 Å². The Kier molecular flexibility index (Phi) is 6.98. The fourth-order valence-corrected chi connectivity index (χ4v) is 4.56. The molecule has 3 aromatic rings. The number of ether oxygens (including phenoxy) is 1. The van der Waals surface area contributed by atoms with Crippen molar-refractivity contribution in [2.45, 2.75) is 66.2 Å². The van der Waals surface area contributed by atoms with Crippen LogP contribution in [0.2, 0.25) is 0 Å². The maximum Gasteiger partial charge on any atom is 0.340 e. The van der Waals surface area contributed by atoms with E-state index >= 15 is 0 Å². The van der Waals surface area contributed by atoms with Crippen LogP contribution in [0.3, 0.4) is 0 Å². The number of pyridine rings is 1. The van der Waals surface area contributed by atoms with Gasteiger partial charge in [0, 0.05) is 47.9 Å². The van der Waals surface area contributed by atoms with Crippen LogP contribution in [0.1, 0.15) is 59.9 Å². The van der Waals surface area contributed by atoms with E-state index in [-0.39, 0.29) is 5.91 Å². The number of aromatic nitrogens is 1. The zero-order valence-electron chi connectivity index (χ0n) is 20.6. The number of amides is 1. The molecule has 2 aromatic carbocycles. The third-order valence-corrected chi connectivity index (χ3v) is 6.56. The second-order valence-electron chi connectivity index (χ2n) is 9.35. The van der Waals surface area contributed by atoms with Crippen LogP contribution in [0.4, 0.5) is 5.69 Å². The van der Waals surface area contributed by atoms with E-state index in [0.717, 1.165) is 51.9 Å². The van der Waals surface area contributed by atoms with Crippen LogP contribution in [0, 0.1) is 13.8 Å². The third-order valence-electron chi connectivity index (χ3n) is 6.56. The smallest absolute Gasteiger partial charge is 0.340 e. The summed E-state index contributed by atoms with van der Waals surface area (Å²) in [6, 6.07) is 13.9. The molecule has 4 rings (SSSR count). The number of hydrogen-bond acceptors (Lipinski definition) is 5. The minimum absolute atomic E-state index is 0.321. The van der Waals surface area contributed by atoms with Gasteiger partial charge in [0.15, 0.2) is 6.10 Å². The zero-order valence-corrected chi connectivity index (χ0v) is 20.6. The van der Waals surface area contributed by atoms with Crippen molar-refractivity contribution in [3.8, 4) is 0 Å². The number of fused-ring (bicyclic) bond motifs is 2. The summed E-state index contributed by atoms with van der Waals surface area (Å²) in [7, 11) is 0. The number of carbonyl (C=O) groups excluding carboxylic acids is 2. The van der Waals surface area contributed by atoms with Crippen LogP contribution < -0.4 is 5.32 Å². The van der Waals surface area contributed by atoms with Crippen molar-refractivity contribution >= 4 is 28.5 Å². The first-order valence-electron chi connectivity index (χ1n) is 12.0. The Hall–Kier alpha value is -3.25. The van der Waals surface area contributed by atoms with Gasteiger partial charge in [0.25, 0.3) is 5.91 Å². The molecule has 6 heteroatoms. The summed E-state index contributed by atoms with van der Waals surface area (Å²) in [6.45, 7) is 11.7. The summed E-state index contributed by atoms with van der Waals surface area (Å²) < 4.78 is 5.86. The average Bonchev–Trinajstić information content (AvgIpc) is 2.82. The molecule has 0 fully saturated rings. The molecule has 6 nitrogen and oxygen atoms in total. The Morgan fingerprint density at radius 1 is 1.15 bits per heavy atom. The number of hydrogen-bond donors (Lipinski definition) is 1. The first kappa shape index (κ1) is 23.9. The Morgan fingerprint density at radius 2 is 1.91 bits per heavy atom. The summed E-state index contributed by atoms with van der Waals surface area (Å²) in [4.78, 5) is 33.8. The van der Waals surface area contributed by atoms with Gasteiger partial charge >= 0.3 is 5.97 Å². The van der Waals surface area contributed by atoms with Gasteiger partial charge < -0.3 is 10.1 Å². The number of carbonyl (C=O) groups is 2. The highest BCUT2D eigenvalue weighted by molar-refractivity contribution is 6.06. The minimum Gasteiger partial charge on any atom is -0.449 e. The summed E-state index contributed by atoms with van der Waals surface area (Å²) >= 11 is 0. The highest BCUT2D eigenvalue weighted by Gasteiger charge is 2.30. The number of aryl methyl sites for hydroxylation is 2. The van der Waals surface area contributed by atoms with Crippen LogP contribution >= 0.6 is 0 Å². The molecule has 0 spiro atoms. The van der Waals surface area contributed by atoms with E-state index in [2.05, 4.69) is 24.1 Å². The lowest BCUT2D eigenvalue weighted by atomic mass is 9.95. The van der Waals surface area contributed by atoms with Gasteiger partial charge in [0.05, 0.1) is 11.1 Å². The molecule has 2 heterocycles. The van der Waals surface area contributed by atoms with Gasteiger partial charge in [-0.25, -0.2) is 4.79 Å². The molecule has 1 atom stereocenters. The maximum absolute atomic E-state index is 13.6. The molecular formula is C28H33N3O3. The number of benzene rings is 2. The number of rotatable bonds is 6. The molecule has 1 N–H and O–H groups in total. The molecule has 1 unspecified atom stereocenters. The van der Waals surface area contributed by atoms with Crippen LogP contribution in [0.15, 0.2) is 42.5 Å². The first-order valence-corrected chi connectivity index (χ1v) is 12.0. The predicted octanol–water partition coefficient (Wildman–Crippen LogP) is 5.19. The van der Waals surface area contributed by atoms with Gasteiger partial charge in [-0.05, 0) is 51.8 Å². The summed E-state index contributed by atoms with van der Waals surface area (Å²) in [6.07, 6.45) is 0.273. The standard InChI is InChI=1S/C28H33N3O3/c1-6-25(27(32)30-22-12-11-18(4)15-19(22)5)34-28(33)26-20-9-7-8-10-23(20)29-24-13-14-31(17(2)3)16-21(24)26/h7-12,15,17,25H,6,13-14,16H2,1-5H3,(H,30,32). The quantitative estimate of drug-likeness (QED) is 0.514. The van der Waals surface area contributed by atoms with Crippen molar-refractivity contribution in [1.82, 2.24) is 9.88 Å². The Morgan fingerprint density at radius 3 is 2.62 bits per heavy atom. The SMILES string of the molecule is CCC(OC(=O)c1c2c(nc3ccccc13)CCN(C(C)C)C2)C(=O)Nc1ccc(C)cc1C. The topological polar surface area (TPSA) is 71.5 Å². The fraction of sp³-hybridized carbons (Fsp3) is 0.393. The van der Waals surface area contributed by atoms with E-state index in [1.54, 1.807) is 0 Å². The van der Waals surface area contributed by atoms with Gasteiger partial charge in [0.2, 0.25) is 0 Å². The Labute approximate surface area is 201 Å². The van der Waals surface area contributed by atoms with E-state index in [1.807, 2.05) is 63.2 Å². The Balaban J connectivity index is 1.65. The number of para-hydroxylation sites is 1. The highest BCUT2D eigenvalue weighted by Crippen LogP contribution is 2.30. The van der Waals surface area contributed by atoms with E-state index in [0.29, 0.717) is 24.6 Å². The molecule has 0 saturated carbocycles. The van der Waals surface area contributed by atoms with Crippen LogP contribution in [-0.4, -0.2) is 40.5 Å². The molecule has 1 aliphatic heterocycles. The summed E-state index contributed by atoms with van der Waals surface area (Å²) in [5, 5.41) is 3.70. The lowest BCUT2D eigenvalue weighted by Gasteiger charge is -2.32. The van der Waals surface area contributed by atoms with Crippen molar-refractivity contribution in [1.29, 1.82) is 0 Å². The van der Waals surface area contributed by atoms with E-state index in [4.69, 9.17) is 9.72 Å².